The van der Waals surface area contributed by atoms with Gasteiger partial charge in [-0.3, -0.25) is 4.79 Å². The number of hydrogen-bond donors (Lipinski definition) is 1. The zero-order valence-electron chi connectivity index (χ0n) is 12.8. The van der Waals surface area contributed by atoms with Crippen LogP contribution in [0.3, 0.4) is 0 Å². The number of aryl methyl sites for hydroxylation is 1. The number of sulfonamides is 1. The Hall–Kier alpha value is -1.50. The number of nitrogens with zero attached hydrogens (tertiary/aromatic N) is 1. The van der Waals surface area contributed by atoms with E-state index in [4.69, 9.17) is 0 Å². The Balaban J connectivity index is 2.42. The molecule has 0 fully saturated rings. The summed E-state index contributed by atoms with van der Waals surface area (Å²) in [5, 5.41) is 10.1. The molecule has 0 aliphatic carbocycles. The second-order valence-corrected chi connectivity index (χ2v) is 7.32. The molecule has 2 atom stereocenters. The van der Waals surface area contributed by atoms with Crippen LogP contribution < -0.4 is 0 Å². The van der Waals surface area contributed by atoms with Gasteiger partial charge in [-0.25, -0.2) is 8.42 Å². The van der Waals surface area contributed by atoms with Crippen molar-refractivity contribution in [3.05, 3.63) is 42.0 Å². The molecule has 0 aromatic heterocycles. The van der Waals surface area contributed by atoms with Gasteiger partial charge in [0.05, 0.1) is 10.9 Å². The molecule has 0 spiro atoms. The maximum atomic E-state index is 12.8. The number of aliphatic hydroxyl groups excluding tert-OH is 1. The van der Waals surface area contributed by atoms with Crippen LogP contribution in [0.25, 0.3) is 0 Å². The van der Waals surface area contributed by atoms with Crippen LogP contribution in [0.2, 0.25) is 0 Å². The van der Waals surface area contributed by atoms with Crippen molar-refractivity contribution in [3.63, 3.8) is 0 Å². The van der Waals surface area contributed by atoms with Gasteiger partial charge in [0.1, 0.15) is 6.23 Å². The first-order valence-electron chi connectivity index (χ1n) is 7.38. The van der Waals surface area contributed by atoms with Crippen LogP contribution in [0.5, 0.6) is 0 Å². The molecule has 22 heavy (non-hydrogen) atoms. The van der Waals surface area contributed by atoms with Crippen molar-refractivity contribution >= 4 is 15.8 Å². The number of aliphatic hydroxyl groups is 1. The molecular formula is C16H21NO4S. The number of rotatable bonds is 5. The van der Waals surface area contributed by atoms with Crippen molar-refractivity contribution in [1.82, 2.24) is 4.31 Å². The minimum absolute atomic E-state index is 0.0850. The Bertz CT molecular complexity index is 664. The average Bonchev–Trinajstić information content (AvgIpc) is 2.48. The highest BCUT2D eigenvalue weighted by Crippen LogP contribution is 2.27. The molecule has 2 rings (SSSR count). The number of ketones is 1. The number of benzene rings is 1. The van der Waals surface area contributed by atoms with E-state index in [1.54, 1.807) is 12.1 Å². The molecular weight excluding hydrogens is 302 g/mol. The van der Waals surface area contributed by atoms with Crippen LogP contribution in [-0.4, -0.2) is 35.9 Å². The Labute approximate surface area is 131 Å². The maximum absolute atomic E-state index is 12.8. The van der Waals surface area contributed by atoms with Gasteiger partial charge in [-0.05, 0) is 37.6 Å². The van der Waals surface area contributed by atoms with E-state index in [2.05, 4.69) is 0 Å². The van der Waals surface area contributed by atoms with Crippen molar-refractivity contribution in [2.24, 2.45) is 0 Å². The lowest BCUT2D eigenvalue weighted by molar-refractivity contribution is -0.121. The number of carbonyl (C=O) groups excluding carboxylic acids is 1. The van der Waals surface area contributed by atoms with Gasteiger partial charge in [0.2, 0.25) is 10.0 Å². The Morgan fingerprint density at radius 2 is 1.86 bits per heavy atom. The van der Waals surface area contributed by atoms with E-state index in [1.165, 1.54) is 24.3 Å². The van der Waals surface area contributed by atoms with Crippen LogP contribution in [0.4, 0.5) is 0 Å². The van der Waals surface area contributed by atoms with Crippen LogP contribution in [0, 0.1) is 6.92 Å². The zero-order chi connectivity index (χ0) is 16.3. The minimum Gasteiger partial charge on any atom is -0.374 e. The summed E-state index contributed by atoms with van der Waals surface area (Å²) < 4.78 is 26.5. The molecule has 1 N–H and O–H groups in total. The van der Waals surface area contributed by atoms with Gasteiger partial charge in [-0.15, -0.1) is 0 Å². The topological polar surface area (TPSA) is 74.7 Å². The summed E-state index contributed by atoms with van der Waals surface area (Å²) in [5.74, 6) is -0.283. The molecule has 0 radical (unpaired) electrons. The van der Waals surface area contributed by atoms with Gasteiger partial charge < -0.3 is 5.11 Å². The maximum Gasteiger partial charge on any atom is 0.246 e. The van der Waals surface area contributed by atoms with Crippen molar-refractivity contribution in [2.45, 2.75) is 50.3 Å². The van der Waals surface area contributed by atoms with E-state index in [1.807, 2.05) is 13.8 Å². The van der Waals surface area contributed by atoms with Crippen molar-refractivity contribution in [3.8, 4) is 0 Å². The Morgan fingerprint density at radius 3 is 2.45 bits per heavy atom. The first-order valence-corrected chi connectivity index (χ1v) is 8.82. The molecule has 1 heterocycles. The van der Waals surface area contributed by atoms with Gasteiger partial charge in [0.15, 0.2) is 5.78 Å². The van der Waals surface area contributed by atoms with Crippen LogP contribution >= 0.6 is 0 Å². The highest BCUT2D eigenvalue weighted by atomic mass is 32.2. The number of carbonyl (C=O) groups is 1. The molecule has 5 nitrogen and oxygen atoms in total. The summed E-state index contributed by atoms with van der Waals surface area (Å²) in [6.07, 6.45) is 3.15. The minimum atomic E-state index is -3.93. The molecule has 2 unspecified atom stereocenters. The summed E-state index contributed by atoms with van der Waals surface area (Å²) in [4.78, 5) is 12.2. The third kappa shape index (κ3) is 3.29. The average molecular weight is 323 g/mol. The molecule has 1 aliphatic rings. The summed E-state index contributed by atoms with van der Waals surface area (Å²) in [7, 11) is -3.93. The fourth-order valence-electron chi connectivity index (χ4n) is 2.50. The third-order valence-electron chi connectivity index (χ3n) is 3.76. The fraction of sp³-hybridized carbons (Fsp3) is 0.438. The molecule has 1 aliphatic heterocycles. The molecule has 0 amide bonds. The largest absolute Gasteiger partial charge is 0.374 e. The third-order valence-corrected chi connectivity index (χ3v) is 5.65. The SMILES string of the molecule is CCCCC1C(=O)C=CC(O)N1S(=O)(=O)c1ccc(C)cc1. The van der Waals surface area contributed by atoms with Gasteiger partial charge in [-0.2, -0.15) is 4.31 Å². The molecule has 1 aromatic rings. The van der Waals surface area contributed by atoms with Crippen LogP contribution in [-0.2, 0) is 14.8 Å². The van der Waals surface area contributed by atoms with Gasteiger partial charge in [0.25, 0.3) is 0 Å². The van der Waals surface area contributed by atoms with E-state index in [0.29, 0.717) is 6.42 Å². The predicted octanol–water partition coefficient (Wildman–Crippen LogP) is 2.00. The Kier molecular flexibility index (Phi) is 5.16. The normalized spacial score (nSPS) is 23.0. The lowest BCUT2D eigenvalue weighted by Crippen LogP contribution is -2.52. The van der Waals surface area contributed by atoms with E-state index in [9.17, 15) is 18.3 Å². The highest BCUT2D eigenvalue weighted by Gasteiger charge is 2.40. The van der Waals surface area contributed by atoms with E-state index >= 15 is 0 Å². The standard InChI is InChI=1S/C16H21NO4S/c1-3-4-5-14-15(18)10-11-16(19)17(14)22(20,21)13-8-6-12(2)7-9-13/h6-11,14,16,19H,3-5H2,1-2H3. The molecule has 6 heteroatoms. The highest BCUT2D eigenvalue weighted by molar-refractivity contribution is 7.89. The monoisotopic (exact) mass is 323 g/mol. The van der Waals surface area contributed by atoms with E-state index in [-0.39, 0.29) is 10.7 Å². The Morgan fingerprint density at radius 1 is 1.23 bits per heavy atom. The summed E-state index contributed by atoms with van der Waals surface area (Å²) in [6, 6.07) is 5.55. The molecule has 0 saturated heterocycles. The van der Waals surface area contributed by atoms with Gasteiger partial charge in [-0.1, -0.05) is 37.5 Å². The first-order chi connectivity index (χ1) is 10.4. The summed E-state index contributed by atoms with van der Waals surface area (Å²) in [6.45, 7) is 3.83. The summed E-state index contributed by atoms with van der Waals surface area (Å²) in [5.41, 5.74) is 0.941. The van der Waals surface area contributed by atoms with Crippen LogP contribution in [0.1, 0.15) is 31.7 Å². The van der Waals surface area contributed by atoms with Crippen molar-refractivity contribution in [1.29, 1.82) is 0 Å². The van der Waals surface area contributed by atoms with E-state index in [0.717, 1.165) is 22.7 Å². The lowest BCUT2D eigenvalue weighted by Gasteiger charge is -2.34. The van der Waals surface area contributed by atoms with E-state index < -0.39 is 22.3 Å². The lowest BCUT2D eigenvalue weighted by atomic mass is 10.0. The van der Waals surface area contributed by atoms with Crippen LogP contribution in [0.15, 0.2) is 41.3 Å². The summed E-state index contributed by atoms with van der Waals surface area (Å²) >= 11 is 0. The second-order valence-electron chi connectivity index (χ2n) is 5.48. The first kappa shape index (κ1) is 16.9. The van der Waals surface area contributed by atoms with Crippen molar-refractivity contribution in [2.75, 3.05) is 0 Å². The van der Waals surface area contributed by atoms with Crippen molar-refractivity contribution < 1.29 is 18.3 Å². The second kappa shape index (κ2) is 6.73. The number of hydrogen-bond acceptors (Lipinski definition) is 4. The molecule has 1 aromatic carbocycles. The molecule has 120 valence electrons. The molecule has 0 bridgehead atoms. The quantitative estimate of drug-likeness (QED) is 0.899. The molecule has 0 saturated carbocycles. The number of unbranched alkanes of at least 4 members (excludes halogenated alkanes) is 1. The zero-order valence-corrected chi connectivity index (χ0v) is 13.6. The predicted molar refractivity (Wildman–Crippen MR) is 83.7 cm³/mol. The fourth-order valence-corrected chi connectivity index (χ4v) is 4.12. The smallest absolute Gasteiger partial charge is 0.246 e. The van der Waals surface area contributed by atoms with Gasteiger partial charge >= 0.3 is 0 Å². The van der Waals surface area contributed by atoms with Gasteiger partial charge in [0, 0.05) is 0 Å².